The van der Waals surface area contributed by atoms with Gasteiger partial charge in [-0.2, -0.15) is 14.6 Å². The van der Waals surface area contributed by atoms with E-state index in [1.54, 1.807) is 0 Å². The number of aromatic nitrogens is 5. The maximum Gasteiger partial charge on any atom is 0.291 e. The molecule has 3 heterocycles. The van der Waals surface area contributed by atoms with Gasteiger partial charge in [0.2, 0.25) is 4.96 Å². The van der Waals surface area contributed by atoms with Crippen LogP contribution in [0.25, 0.3) is 39.4 Å². The number of thiazole rings is 1. The van der Waals surface area contributed by atoms with Crippen LogP contribution < -0.4 is 19.6 Å². The van der Waals surface area contributed by atoms with E-state index in [-0.39, 0.29) is 5.56 Å². The van der Waals surface area contributed by atoms with Crippen molar-refractivity contribution in [3.05, 3.63) is 105 Å². The molecule has 0 bridgehead atoms. The quantitative estimate of drug-likeness (QED) is 0.224. The van der Waals surface area contributed by atoms with Crippen molar-refractivity contribution in [2.75, 3.05) is 13.2 Å². The summed E-state index contributed by atoms with van der Waals surface area (Å²) in [5.41, 5.74) is 5.15. The number of ether oxygens (including phenoxy) is 2. The Kier molecular flexibility index (Phi) is 7.35. The van der Waals surface area contributed by atoms with Crippen molar-refractivity contribution in [3.8, 4) is 39.8 Å². The third-order valence-electron chi connectivity index (χ3n) is 6.58. The van der Waals surface area contributed by atoms with Crippen LogP contribution in [0, 0.1) is 6.92 Å². The average molecular weight is 564 g/mol. The molecule has 0 radical (unpaired) electrons. The van der Waals surface area contributed by atoms with Gasteiger partial charge < -0.3 is 9.47 Å². The van der Waals surface area contributed by atoms with Gasteiger partial charge in [0.1, 0.15) is 17.2 Å². The summed E-state index contributed by atoms with van der Waals surface area (Å²) in [7, 11) is 0. The van der Waals surface area contributed by atoms with Crippen molar-refractivity contribution < 1.29 is 9.47 Å². The van der Waals surface area contributed by atoms with E-state index in [0.29, 0.717) is 28.5 Å². The maximum absolute atomic E-state index is 13.4. The second-order valence-electron chi connectivity index (χ2n) is 9.54. The van der Waals surface area contributed by atoms with E-state index in [1.807, 2.05) is 104 Å². The van der Waals surface area contributed by atoms with Crippen molar-refractivity contribution in [2.24, 2.45) is 0 Å². The van der Waals surface area contributed by atoms with Crippen LogP contribution in [0.15, 0.2) is 83.8 Å². The number of fused-ring (bicyclic) bond motifs is 1. The van der Waals surface area contributed by atoms with Gasteiger partial charge in [-0.05, 0) is 86.5 Å². The Morgan fingerprint density at radius 3 is 2.41 bits per heavy atom. The minimum atomic E-state index is -0.215. The Balaban J connectivity index is 1.42. The highest BCUT2D eigenvalue weighted by Crippen LogP contribution is 2.30. The third kappa shape index (κ3) is 5.36. The second kappa shape index (κ2) is 11.4. The van der Waals surface area contributed by atoms with E-state index in [4.69, 9.17) is 14.6 Å². The topological polar surface area (TPSA) is 83.5 Å². The molecule has 41 heavy (non-hydrogen) atoms. The lowest BCUT2D eigenvalue weighted by molar-refractivity contribution is 0.317. The van der Waals surface area contributed by atoms with Gasteiger partial charge in [0.15, 0.2) is 5.82 Å². The smallest absolute Gasteiger partial charge is 0.291 e. The summed E-state index contributed by atoms with van der Waals surface area (Å²) in [6.07, 6.45) is 4.77. The summed E-state index contributed by atoms with van der Waals surface area (Å²) < 4.78 is 15.1. The fourth-order valence-corrected chi connectivity index (χ4v) is 5.49. The lowest BCUT2D eigenvalue weighted by atomic mass is 10.0. The first-order chi connectivity index (χ1) is 20.0. The summed E-state index contributed by atoms with van der Waals surface area (Å²) in [5.74, 6) is 2.11. The molecule has 206 valence electrons. The molecule has 0 spiro atoms. The average Bonchev–Trinajstić information content (AvgIpc) is 3.68. The van der Waals surface area contributed by atoms with Gasteiger partial charge in [-0.1, -0.05) is 36.5 Å². The Bertz CT molecular complexity index is 1920. The fourth-order valence-electron chi connectivity index (χ4n) is 4.59. The first-order valence-corrected chi connectivity index (χ1v) is 14.4. The molecule has 0 fully saturated rings. The highest BCUT2D eigenvalue weighted by Gasteiger charge is 2.16. The standard InChI is InChI=1S/C32H29N5O3S/c1-4-17-40-26-15-16-27(21(3)18-26)29-23(20-36(34-29)24-9-7-6-8-10-24)19-28-31(38)37-32(41-28)33-30(35-37)22-11-13-25(14-12-22)39-5-2/h6-16,18-20H,4-5,17H2,1-3H3/b28-19-. The zero-order chi connectivity index (χ0) is 28.3. The molecule has 0 atom stereocenters. The van der Waals surface area contributed by atoms with Gasteiger partial charge in [-0.15, -0.1) is 5.10 Å². The molecule has 6 rings (SSSR count). The molecule has 0 saturated heterocycles. The van der Waals surface area contributed by atoms with E-state index in [9.17, 15) is 4.79 Å². The second-order valence-corrected chi connectivity index (χ2v) is 10.6. The van der Waals surface area contributed by atoms with E-state index in [2.05, 4.69) is 17.0 Å². The summed E-state index contributed by atoms with van der Waals surface area (Å²) in [4.78, 5) is 18.6. The molecule has 0 aliphatic heterocycles. The minimum absolute atomic E-state index is 0.215. The normalized spacial score (nSPS) is 11.8. The summed E-state index contributed by atoms with van der Waals surface area (Å²) in [6.45, 7) is 7.34. The summed E-state index contributed by atoms with van der Waals surface area (Å²) in [6, 6.07) is 23.5. The van der Waals surface area contributed by atoms with Crippen LogP contribution in [0.2, 0.25) is 0 Å². The Hall–Kier alpha value is -4.76. The predicted octanol–water partition coefficient (Wildman–Crippen LogP) is 5.71. The van der Waals surface area contributed by atoms with Crippen molar-refractivity contribution >= 4 is 22.4 Å². The zero-order valence-corrected chi connectivity index (χ0v) is 23.9. The van der Waals surface area contributed by atoms with Crippen molar-refractivity contribution in [1.82, 2.24) is 24.4 Å². The van der Waals surface area contributed by atoms with Gasteiger partial charge in [0.05, 0.1) is 23.4 Å². The van der Waals surface area contributed by atoms with E-state index >= 15 is 0 Å². The Morgan fingerprint density at radius 2 is 1.71 bits per heavy atom. The third-order valence-corrected chi connectivity index (χ3v) is 7.54. The SMILES string of the molecule is CCCOc1ccc(-c2nn(-c3ccccc3)cc2/C=c2\sc3nc(-c4ccc(OCC)cc4)nn3c2=O)c(C)c1. The lowest BCUT2D eigenvalue weighted by Gasteiger charge is -2.09. The number of hydrogen-bond acceptors (Lipinski definition) is 7. The van der Waals surface area contributed by atoms with Crippen LogP contribution in [-0.2, 0) is 0 Å². The van der Waals surface area contributed by atoms with E-state index in [1.165, 1.54) is 15.9 Å². The molecule has 0 saturated carbocycles. The highest BCUT2D eigenvalue weighted by atomic mass is 32.1. The van der Waals surface area contributed by atoms with Crippen LogP contribution in [0.5, 0.6) is 11.5 Å². The van der Waals surface area contributed by atoms with Crippen LogP contribution in [-0.4, -0.2) is 37.6 Å². The minimum Gasteiger partial charge on any atom is -0.494 e. The number of benzene rings is 3. The number of nitrogens with zero attached hydrogens (tertiary/aromatic N) is 5. The zero-order valence-electron chi connectivity index (χ0n) is 23.1. The monoisotopic (exact) mass is 563 g/mol. The van der Waals surface area contributed by atoms with E-state index < -0.39 is 0 Å². The van der Waals surface area contributed by atoms with Crippen LogP contribution in [0.1, 0.15) is 31.4 Å². The first kappa shape index (κ1) is 26.5. The molecule has 0 N–H and O–H groups in total. The van der Waals surface area contributed by atoms with E-state index in [0.717, 1.165) is 51.6 Å². The molecule has 9 heteroatoms. The first-order valence-electron chi connectivity index (χ1n) is 13.6. The molecular weight excluding hydrogens is 534 g/mol. The van der Waals surface area contributed by atoms with Crippen LogP contribution in [0.4, 0.5) is 0 Å². The lowest BCUT2D eigenvalue weighted by Crippen LogP contribution is -2.23. The van der Waals surface area contributed by atoms with Crippen molar-refractivity contribution in [3.63, 3.8) is 0 Å². The van der Waals surface area contributed by atoms with Gasteiger partial charge in [-0.25, -0.2) is 4.68 Å². The van der Waals surface area contributed by atoms with Crippen molar-refractivity contribution in [1.29, 1.82) is 0 Å². The largest absolute Gasteiger partial charge is 0.494 e. The molecule has 0 aliphatic carbocycles. The molecule has 8 nitrogen and oxygen atoms in total. The maximum atomic E-state index is 13.4. The fraction of sp³-hybridized carbons (Fsp3) is 0.188. The van der Waals surface area contributed by atoms with Gasteiger partial charge in [-0.3, -0.25) is 4.79 Å². The van der Waals surface area contributed by atoms with Gasteiger partial charge >= 0.3 is 0 Å². The molecule has 6 aromatic rings. The highest BCUT2D eigenvalue weighted by molar-refractivity contribution is 7.15. The Labute approximate surface area is 241 Å². The van der Waals surface area contributed by atoms with Crippen molar-refractivity contribution in [2.45, 2.75) is 27.2 Å². The van der Waals surface area contributed by atoms with Gasteiger partial charge in [0, 0.05) is 22.9 Å². The Morgan fingerprint density at radius 1 is 0.927 bits per heavy atom. The van der Waals surface area contributed by atoms with Crippen LogP contribution >= 0.6 is 11.3 Å². The number of para-hydroxylation sites is 1. The molecule has 0 unspecified atom stereocenters. The van der Waals surface area contributed by atoms with Crippen LogP contribution in [0.3, 0.4) is 0 Å². The summed E-state index contributed by atoms with van der Waals surface area (Å²) in [5, 5.41) is 9.45. The predicted molar refractivity (Wildman–Crippen MR) is 162 cm³/mol. The molecular formula is C32H29N5O3S. The van der Waals surface area contributed by atoms with Gasteiger partial charge in [0.25, 0.3) is 5.56 Å². The molecule has 0 amide bonds. The number of rotatable bonds is 9. The number of hydrogen-bond donors (Lipinski definition) is 0. The molecule has 3 aromatic carbocycles. The number of aryl methyl sites for hydroxylation is 1. The summed E-state index contributed by atoms with van der Waals surface area (Å²) >= 11 is 1.31. The molecule has 3 aromatic heterocycles. The molecule has 0 aliphatic rings.